The summed E-state index contributed by atoms with van der Waals surface area (Å²) >= 11 is 0. The maximum atomic E-state index is 12.1. The third-order valence-electron chi connectivity index (χ3n) is 3.71. The van der Waals surface area contributed by atoms with Crippen LogP contribution in [0.3, 0.4) is 0 Å². The maximum absolute atomic E-state index is 12.1. The molecule has 2 unspecified atom stereocenters. The van der Waals surface area contributed by atoms with E-state index >= 15 is 0 Å². The Morgan fingerprint density at radius 2 is 2.37 bits per heavy atom. The fraction of sp³-hybridized carbons (Fsp3) is 0.692. The molecular formula is C13H20N2O4. The van der Waals surface area contributed by atoms with Gasteiger partial charge in [0.1, 0.15) is 16.9 Å². The van der Waals surface area contributed by atoms with Crippen LogP contribution < -0.4 is 5.32 Å². The predicted molar refractivity (Wildman–Crippen MR) is 67.9 cm³/mol. The standard InChI is InChI=1S/C13H20N2O4/c1-4-10-11(8(2)19-15-10)12(16)14-7-13(17)5-6-18-9(13)3/h9,17H,4-7H2,1-3H3,(H,14,16). The molecule has 0 radical (unpaired) electrons. The highest BCUT2D eigenvalue weighted by atomic mass is 16.5. The lowest BCUT2D eigenvalue weighted by Gasteiger charge is -2.26. The Bertz CT molecular complexity index is 471. The van der Waals surface area contributed by atoms with E-state index in [0.717, 1.165) is 0 Å². The lowest BCUT2D eigenvalue weighted by Crippen LogP contribution is -2.47. The summed E-state index contributed by atoms with van der Waals surface area (Å²) in [5, 5.41) is 16.9. The quantitative estimate of drug-likeness (QED) is 0.844. The summed E-state index contributed by atoms with van der Waals surface area (Å²) in [7, 11) is 0. The van der Waals surface area contributed by atoms with Crippen LogP contribution in [0.5, 0.6) is 0 Å². The van der Waals surface area contributed by atoms with Crippen molar-refractivity contribution in [2.24, 2.45) is 0 Å². The number of aromatic nitrogens is 1. The van der Waals surface area contributed by atoms with Gasteiger partial charge in [-0.15, -0.1) is 0 Å². The van der Waals surface area contributed by atoms with Crippen LogP contribution in [0.2, 0.25) is 0 Å². The molecule has 1 aliphatic heterocycles. The van der Waals surface area contributed by atoms with Gasteiger partial charge in [0.05, 0.1) is 11.8 Å². The zero-order valence-corrected chi connectivity index (χ0v) is 11.5. The summed E-state index contributed by atoms with van der Waals surface area (Å²) < 4.78 is 10.4. The van der Waals surface area contributed by atoms with Crippen molar-refractivity contribution < 1.29 is 19.2 Å². The monoisotopic (exact) mass is 268 g/mol. The van der Waals surface area contributed by atoms with Gasteiger partial charge in [-0.05, 0) is 20.3 Å². The number of carbonyl (C=O) groups is 1. The molecule has 1 aromatic heterocycles. The number of hydrogen-bond acceptors (Lipinski definition) is 5. The number of nitrogens with zero attached hydrogens (tertiary/aromatic N) is 1. The van der Waals surface area contributed by atoms with Gasteiger partial charge >= 0.3 is 0 Å². The van der Waals surface area contributed by atoms with Crippen LogP contribution >= 0.6 is 0 Å². The molecule has 2 rings (SSSR count). The Kier molecular flexibility index (Phi) is 3.91. The molecule has 0 aromatic carbocycles. The zero-order valence-electron chi connectivity index (χ0n) is 11.5. The van der Waals surface area contributed by atoms with Gasteiger partial charge in [-0.3, -0.25) is 4.79 Å². The van der Waals surface area contributed by atoms with E-state index in [2.05, 4.69) is 10.5 Å². The summed E-state index contributed by atoms with van der Waals surface area (Å²) in [4.78, 5) is 12.1. The number of ether oxygens (including phenoxy) is 1. The highest BCUT2D eigenvalue weighted by Crippen LogP contribution is 2.25. The largest absolute Gasteiger partial charge is 0.385 e. The zero-order chi connectivity index (χ0) is 14.0. The number of nitrogens with one attached hydrogen (secondary N) is 1. The first-order chi connectivity index (χ1) is 8.98. The number of aryl methyl sites for hydroxylation is 2. The third kappa shape index (κ3) is 2.64. The highest BCUT2D eigenvalue weighted by molar-refractivity contribution is 5.96. The number of amides is 1. The molecule has 1 aliphatic rings. The first kappa shape index (κ1) is 14.0. The van der Waals surface area contributed by atoms with E-state index in [0.29, 0.717) is 36.5 Å². The Labute approximate surface area is 112 Å². The Morgan fingerprint density at radius 1 is 1.63 bits per heavy atom. The molecule has 1 amide bonds. The molecule has 1 saturated heterocycles. The van der Waals surface area contributed by atoms with Crippen molar-refractivity contribution in [3.63, 3.8) is 0 Å². The second-order valence-corrected chi connectivity index (χ2v) is 4.96. The summed E-state index contributed by atoms with van der Waals surface area (Å²) in [6.45, 7) is 6.10. The van der Waals surface area contributed by atoms with Crippen molar-refractivity contribution in [1.29, 1.82) is 0 Å². The summed E-state index contributed by atoms with van der Waals surface area (Å²) in [6, 6.07) is 0. The van der Waals surface area contributed by atoms with E-state index in [-0.39, 0.29) is 18.6 Å². The van der Waals surface area contributed by atoms with Gasteiger partial charge in [-0.2, -0.15) is 0 Å². The molecule has 2 atom stereocenters. The molecule has 0 saturated carbocycles. The molecule has 106 valence electrons. The number of rotatable bonds is 4. The van der Waals surface area contributed by atoms with E-state index < -0.39 is 5.60 Å². The second-order valence-electron chi connectivity index (χ2n) is 4.96. The SMILES string of the molecule is CCc1noc(C)c1C(=O)NCC1(O)CCOC1C. The number of carbonyl (C=O) groups excluding carboxylic acids is 1. The van der Waals surface area contributed by atoms with Gasteiger partial charge in [-0.25, -0.2) is 0 Å². The summed E-state index contributed by atoms with van der Waals surface area (Å²) in [6.07, 6.45) is 0.878. The van der Waals surface area contributed by atoms with Crippen molar-refractivity contribution >= 4 is 5.91 Å². The van der Waals surface area contributed by atoms with Gasteiger partial charge in [0, 0.05) is 19.6 Å². The molecule has 2 N–H and O–H groups in total. The van der Waals surface area contributed by atoms with Gasteiger partial charge in [-0.1, -0.05) is 12.1 Å². The highest BCUT2D eigenvalue weighted by Gasteiger charge is 2.40. The molecule has 19 heavy (non-hydrogen) atoms. The Morgan fingerprint density at radius 3 is 2.95 bits per heavy atom. The smallest absolute Gasteiger partial charge is 0.256 e. The average Bonchev–Trinajstić information content (AvgIpc) is 2.91. The van der Waals surface area contributed by atoms with Crippen molar-refractivity contribution in [3.05, 3.63) is 17.0 Å². The molecule has 1 aromatic rings. The van der Waals surface area contributed by atoms with Crippen LogP contribution in [0.15, 0.2) is 4.52 Å². The lowest BCUT2D eigenvalue weighted by atomic mass is 9.96. The normalized spacial score (nSPS) is 26.6. The molecule has 0 bridgehead atoms. The molecule has 2 heterocycles. The first-order valence-electron chi connectivity index (χ1n) is 6.55. The van der Waals surface area contributed by atoms with Crippen molar-refractivity contribution in [2.75, 3.05) is 13.2 Å². The number of hydrogen-bond donors (Lipinski definition) is 2. The van der Waals surface area contributed by atoms with Gasteiger partial charge in [0.2, 0.25) is 0 Å². The Hall–Kier alpha value is -1.40. The third-order valence-corrected chi connectivity index (χ3v) is 3.71. The predicted octanol–water partition coefficient (Wildman–Crippen LogP) is 0.815. The number of aliphatic hydroxyl groups is 1. The van der Waals surface area contributed by atoms with Crippen LogP contribution in [-0.4, -0.2) is 41.0 Å². The van der Waals surface area contributed by atoms with Crippen LogP contribution in [0.1, 0.15) is 42.1 Å². The fourth-order valence-electron chi connectivity index (χ4n) is 2.27. The Balaban J connectivity index is 2.03. The molecule has 6 nitrogen and oxygen atoms in total. The van der Waals surface area contributed by atoms with Crippen molar-refractivity contribution in [2.45, 2.75) is 45.3 Å². The van der Waals surface area contributed by atoms with E-state index in [1.54, 1.807) is 13.8 Å². The lowest BCUT2D eigenvalue weighted by molar-refractivity contribution is -0.0251. The van der Waals surface area contributed by atoms with Crippen molar-refractivity contribution in [3.8, 4) is 0 Å². The molecule has 0 spiro atoms. The van der Waals surface area contributed by atoms with Gasteiger partial charge in [0.15, 0.2) is 0 Å². The second kappa shape index (κ2) is 5.30. The topological polar surface area (TPSA) is 84.6 Å². The van der Waals surface area contributed by atoms with Crippen LogP contribution in [0.4, 0.5) is 0 Å². The first-order valence-corrected chi connectivity index (χ1v) is 6.55. The summed E-state index contributed by atoms with van der Waals surface area (Å²) in [5.74, 6) is 0.236. The minimum Gasteiger partial charge on any atom is -0.385 e. The van der Waals surface area contributed by atoms with Crippen molar-refractivity contribution in [1.82, 2.24) is 10.5 Å². The van der Waals surface area contributed by atoms with Gasteiger partial charge in [0.25, 0.3) is 5.91 Å². The van der Waals surface area contributed by atoms with E-state index in [9.17, 15) is 9.90 Å². The van der Waals surface area contributed by atoms with Crippen LogP contribution in [0.25, 0.3) is 0 Å². The molecule has 1 fully saturated rings. The maximum Gasteiger partial charge on any atom is 0.256 e. The van der Waals surface area contributed by atoms with Crippen LogP contribution in [-0.2, 0) is 11.2 Å². The fourth-order valence-corrected chi connectivity index (χ4v) is 2.27. The average molecular weight is 268 g/mol. The van der Waals surface area contributed by atoms with E-state index in [4.69, 9.17) is 9.26 Å². The van der Waals surface area contributed by atoms with Crippen LogP contribution in [0, 0.1) is 6.92 Å². The van der Waals surface area contributed by atoms with Gasteiger partial charge < -0.3 is 19.7 Å². The van der Waals surface area contributed by atoms with E-state index in [1.165, 1.54) is 0 Å². The molecular weight excluding hydrogens is 248 g/mol. The molecule has 0 aliphatic carbocycles. The minimum atomic E-state index is -0.993. The summed E-state index contributed by atoms with van der Waals surface area (Å²) in [5.41, 5.74) is 0.114. The molecule has 6 heteroatoms. The minimum absolute atomic E-state index is 0.167. The van der Waals surface area contributed by atoms with E-state index in [1.807, 2.05) is 6.92 Å².